The minimum Gasteiger partial charge on any atom is -0.383 e. The second-order valence-corrected chi connectivity index (χ2v) is 3.14. The van der Waals surface area contributed by atoms with Crippen LogP contribution in [0, 0.1) is 0 Å². The molecule has 0 spiro atoms. The first-order valence-corrected chi connectivity index (χ1v) is 4.69. The Labute approximate surface area is 92.3 Å². The molecule has 0 aliphatic rings. The average Bonchev–Trinajstić information content (AvgIpc) is 2.31. The number of benzene rings is 1. The lowest BCUT2D eigenvalue weighted by molar-refractivity contribution is 0.102. The standard InChI is InChI=1S/C11H10N4O/c12-10-9(6-13-7-14-10)11(16)15-8-4-2-1-3-5-8/h1-7H,(H,15,16)(H2,12,13,14). The Balaban J connectivity index is 2.19. The first-order chi connectivity index (χ1) is 7.77. The number of nitrogens with two attached hydrogens (primary N) is 1. The molecule has 3 N–H and O–H groups in total. The molecule has 1 heterocycles. The normalized spacial score (nSPS) is 9.75. The Morgan fingerprint density at radius 1 is 1.25 bits per heavy atom. The number of carbonyl (C=O) groups is 1. The van der Waals surface area contributed by atoms with Gasteiger partial charge < -0.3 is 11.1 Å². The zero-order valence-corrected chi connectivity index (χ0v) is 8.42. The lowest BCUT2D eigenvalue weighted by Crippen LogP contribution is -2.15. The van der Waals surface area contributed by atoms with Gasteiger partial charge in [-0.2, -0.15) is 0 Å². The van der Waals surface area contributed by atoms with Gasteiger partial charge in [0.05, 0.1) is 0 Å². The quantitative estimate of drug-likeness (QED) is 0.789. The first kappa shape index (κ1) is 10.1. The highest BCUT2D eigenvalue weighted by atomic mass is 16.1. The van der Waals surface area contributed by atoms with Crippen molar-refractivity contribution in [2.24, 2.45) is 0 Å². The predicted octanol–water partition coefficient (Wildman–Crippen LogP) is 1.31. The van der Waals surface area contributed by atoms with Gasteiger partial charge in [-0.15, -0.1) is 0 Å². The summed E-state index contributed by atoms with van der Waals surface area (Å²) in [6.45, 7) is 0. The number of hydrogen-bond acceptors (Lipinski definition) is 4. The molecule has 80 valence electrons. The Bertz CT molecular complexity index is 498. The molecule has 1 aromatic heterocycles. The van der Waals surface area contributed by atoms with E-state index in [0.717, 1.165) is 0 Å². The molecule has 0 fully saturated rings. The Hall–Kier alpha value is -2.43. The van der Waals surface area contributed by atoms with Gasteiger partial charge >= 0.3 is 0 Å². The zero-order chi connectivity index (χ0) is 11.4. The first-order valence-electron chi connectivity index (χ1n) is 4.69. The molecule has 1 amide bonds. The van der Waals surface area contributed by atoms with E-state index < -0.39 is 0 Å². The topological polar surface area (TPSA) is 80.9 Å². The van der Waals surface area contributed by atoms with Crippen LogP contribution in [-0.2, 0) is 0 Å². The van der Waals surface area contributed by atoms with Crippen LogP contribution >= 0.6 is 0 Å². The van der Waals surface area contributed by atoms with Crippen LogP contribution in [0.2, 0.25) is 0 Å². The van der Waals surface area contributed by atoms with E-state index in [0.29, 0.717) is 5.69 Å². The van der Waals surface area contributed by atoms with Crippen molar-refractivity contribution < 1.29 is 4.79 Å². The van der Waals surface area contributed by atoms with Gasteiger partial charge in [0.25, 0.3) is 5.91 Å². The maximum Gasteiger partial charge on any atom is 0.260 e. The summed E-state index contributed by atoms with van der Waals surface area (Å²) >= 11 is 0. The van der Waals surface area contributed by atoms with Crippen molar-refractivity contribution in [3.05, 3.63) is 48.4 Å². The summed E-state index contributed by atoms with van der Waals surface area (Å²) in [4.78, 5) is 19.3. The molecular weight excluding hydrogens is 204 g/mol. The van der Waals surface area contributed by atoms with Crippen molar-refractivity contribution in [1.82, 2.24) is 9.97 Å². The van der Waals surface area contributed by atoms with Crippen LogP contribution in [0.4, 0.5) is 11.5 Å². The highest BCUT2D eigenvalue weighted by molar-refractivity contribution is 6.06. The summed E-state index contributed by atoms with van der Waals surface area (Å²) < 4.78 is 0. The molecule has 0 saturated carbocycles. The van der Waals surface area contributed by atoms with E-state index >= 15 is 0 Å². The molecule has 0 aliphatic heterocycles. The molecule has 0 atom stereocenters. The van der Waals surface area contributed by atoms with E-state index in [9.17, 15) is 4.79 Å². The summed E-state index contributed by atoms with van der Waals surface area (Å²) in [5, 5.41) is 2.70. The van der Waals surface area contributed by atoms with Crippen LogP contribution in [-0.4, -0.2) is 15.9 Å². The molecular formula is C11H10N4O. The van der Waals surface area contributed by atoms with Crippen LogP contribution in [0.15, 0.2) is 42.9 Å². The molecule has 0 unspecified atom stereocenters. The lowest BCUT2D eigenvalue weighted by Gasteiger charge is -2.05. The highest BCUT2D eigenvalue weighted by Gasteiger charge is 2.10. The van der Waals surface area contributed by atoms with Crippen molar-refractivity contribution in [2.45, 2.75) is 0 Å². The Morgan fingerprint density at radius 2 is 2.00 bits per heavy atom. The summed E-state index contributed by atoms with van der Waals surface area (Å²) in [5.74, 6) is -0.146. The van der Waals surface area contributed by atoms with Crippen LogP contribution in [0.1, 0.15) is 10.4 Å². The summed E-state index contributed by atoms with van der Waals surface area (Å²) in [6.07, 6.45) is 2.69. The Morgan fingerprint density at radius 3 is 2.69 bits per heavy atom. The van der Waals surface area contributed by atoms with Gasteiger partial charge in [-0.25, -0.2) is 9.97 Å². The number of carbonyl (C=O) groups excluding carboxylic acids is 1. The number of nitrogens with zero attached hydrogens (tertiary/aromatic N) is 2. The van der Waals surface area contributed by atoms with Gasteiger partial charge in [-0.05, 0) is 12.1 Å². The molecule has 16 heavy (non-hydrogen) atoms. The number of nitrogen functional groups attached to an aromatic ring is 1. The molecule has 0 bridgehead atoms. The van der Waals surface area contributed by atoms with Crippen molar-refractivity contribution in [3.8, 4) is 0 Å². The Kier molecular flexibility index (Phi) is 2.77. The van der Waals surface area contributed by atoms with Gasteiger partial charge in [-0.1, -0.05) is 18.2 Å². The SMILES string of the molecule is Nc1ncncc1C(=O)Nc1ccccc1. The van der Waals surface area contributed by atoms with Gasteiger partial charge in [0.15, 0.2) is 0 Å². The predicted molar refractivity (Wildman–Crippen MR) is 60.8 cm³/mol. The zero-order valence-electron chi connectivity index (χ0n) is 8.42. The van der Waals surface area contributed by atoms with Gasteiger partial charge in [-0.3, -0.25) is 4.79 Å². The molecule has 1 aromatic carbocycles. The monoisotopic (exact) mass is 214 g/mol. The summed E-state index contributed by atoms with van der Waals surface area (Å²) in [6, 6.07) is 9.12. The number of amides is 1. The van der Waals surface area contributed by atoms with Crippen molar-refractivity contribution in [2.75, 3.05) is 11.1 Å². The third-order valence-electron chi connectivity index (χ3n) is 2.02. The van der Waals surface area contributed by atoms with Crippen LogP contribution < -0.4 is 11.1 Å². The third-order valence-corrected chi connectivity index (χ3v) is 2.02. The molecule has 2 aromatic rings. The maximum absolute atomic E-state index is 11.8. The fourth-order valence-corrected chi connectivity index (χ4v) is 1.23. The molecule has 0 aliphatic carbocycles. The van der Waals surface area contributed by atoms with Crippen LogP contribution in [0.5, 0.6) is 0 Å². The molecule has 5 heteroatoms. The second kappa shape index (κ2) is 4.39. The van der Waals surface area contributed by atoms with E-state index in [-0.39, 0.29) is 17.3 Å². The van der Waals surface area contributed by atoms with E-state index in [1.165, 1.54) is 12.5 Å². The van der Waals surface area contributed by atoms with Gasteiger partial charge in [0.2, 0.25) is 0 Å². The summed E-state index contributed by atoms with van der Waals surface area (Å²) in [5.41, 5.74) is 6.54. The van der Waals surface area contributed by atoms with E-state index in [4.69, 9.17) is 5.73 Å². The minimum absolute atomic E-state index is 0.170. The number of nitrogens with one attached hydrogen (secondary N) is 1. The van der Waals surface area contributed by atoms with Crippen molar-refractivity contribution in [3.63, 3.8) is 0 Å². The van der Waals surface area contributed by atoms with Crippen molar-refractivity contribution >= 4 is 17.4 Å². The minimum atomic E-state index is -0.315. The highest BCUT2D eigenvalue weighted by Crippen LogP contribution is 2.10. The van der Waals surface area contributed by atoms with E-state index in [1.54, 1.807) is 12.1 Å². The molecule has 2 rings (SSSR count). The van der Waals surface area contributed by atoms with Gasteiger partial charge in [0.1, 0.15) is 17.7 Å². The van der Waals surface area contributed by atoms with Crippen LogP contribution in [0.3, 0.4) is 0 Å². The summed E-state index contributed by atoms with van der Waals surface area (Å²) in [7, 11) is 0. The number of aromatic nitrogens is 2. The fraction of sp³-hybridized carbons (Fsp3) is 0. The number of para-hydroxylation sites is 1. The van der Waals surface area contributed by atoms with Crippen molar-refractivity contribution in [1.29, 1.82) is 0 Å². The second-order valence-electron chi connectivity index (χ2n) is 3.14. The fourth-order valence-electron chi connectivity index (χ4n) is 1.23. The number of hydrogen-bond donors (Lipinski definition) is 2. The van der Waals surface area contributed by atoms with E-state index in [2.05, 4.69) is 15.3 Å². The molecule has 5 nitrogen and oxygen atoms in total. The van der Waals surface area contributed by atoms with E-state index in [1.807, 2.05) is 18.2 Å². The largest absolute Gasteiger partial charge is 0.383 e. The average molecular weight is 214 g/mol. The third kappa shape index (κ3) is 2.14. The van der Waals surface area contributed by atoms with Gasteiger partial charge in [0, 0.05) is 11.9 Å². The molecule has 0 radical (unpaired) electrons. The lowest BCUT2D eigenvalue weighted by atomic mass is 10.2. The van der Waals surface area contributed by atoms with Crippen LogP contribution in [0.25, 0.3) is 0 Å². The maximum atomic E-state index is 11.8. The number of anilines is 2. The smallest absolute Gasteiger partial charge is 0.260 e. The number of rotatable bonds is 2. The molecule has 0 saturated heterocycles.